The Hall–Kier alpha value is -0.570. The van der Waals surface area contributed by atoms with Gasteiger partial charge in [-0.05, 0) is 12.3 Å². The molecular weight excluding hydrogens is 152 g/mol. The fourth-order valence-corrected chi connectivity index (χ4v) is 1.62. The Bertz CT molecular complexity index is 162. The lowest BCUT2D eigenvalue weighted by atomic mass is 9.83. The molecule has 0 saturated carbocycles. The molecule has 72 valence electrons. The number of hydrogen-bond acceptors (Lipinski definition) is 2. The van der Waals surface area contributed by atoms with E-state index in [2.05, 4.69) is 38.2 Å². The molecule has 0 atom stereocenters. The average Bonchev–Trinajstić information content (AvgIpc) is 1.85. The Morgan fingerprint density at radius 2 is 2.00 bits per heavy atom. The quantitative estimate of drug-likeness (QED) is 0.389. The van der Waals surface area contributed by atoms with E-state index in [0.29, 0.717) is 11.8 Å². The highest BCUT2D eigenvalue weighted by Crippen LogP contribution is 2.25. The summed E-state index contributed by atoms with van der Waals surface area (Å²) < 4.78 is 0. The predicted octanol–water partition coefficient (Wildman–Crippen LogP) is 2.07. The summed E-state index contributed by atoms with van der Waals surface area (Å²) in [5, 5.41) is 8.79. The molecule has 0 aromatic heterocycles. The molecular formula is C9H20N2O. The van der Waals surface area contributed by atoms with Crippen LogP contribution in [0.3, 0.4) is 0 Å². The van der Waals surface area contributed by atoms with Gasteiger partial charge in [-0.25, -0.2) is 0 Å². The third-order valence-electron chi connectivity index (χ3n) is 1.89. The molecule has 3 nitrogen and oxygen atoms in total. The second kappa shape index (κ2) is 4.45. The van der Waals surface area contributed by atoms with Gasteiger partial charge in [0.15, 0.2) is 0 Å². The average molecular weight is 172 g/mol. The molecule has 0 amide bonds. The number of hydrogen-bond donors (Lipinski definition) is 2. The van der Waals surface area contributed by atoms with Crippen LogP contribution in [-0.4, -0.2) is 18.1 Å². The van der Waals surface area contributed by atoms with E-state index in [1.165, 1.54) is 0 Å². The van der Waals surface area contributed by atoms with Crippen LogP contribution in [0.15, 0.2) is 4.99 Å². The van der Waals surface area contributed by atoms with Crippen molar-refractivity contribution in [1.29, 1.82) is 0 Å². The van der Waals surface area contributed by atoms with E-state index in [-0.39, 0.29) is 5.41 Å². The van der Waals surface area contributed by atoms with E-state index < -0.39 is 0 Å². The second-order valence-corrected chi connectivity index (χ2v) is 4.17. The molecule has 0 fully saturated rings. The van der Waals surface area contributed by atoms with Crippen LogP contribution in [0.5, 0.6) is 0 Å². The number of nitrogens with one attached hydrogen (secondary N) is 1. The van der Waals surface area contributed by atoms with E-state index in [9.17, 15) is 0 Å². The van der Waals surface area contributed by atoms with Crippen molar-refractivity contribution in [2.45, 2.75) is 34.1 Å². The third kappa shape index (κ3) is 3.22. The summed E-state index contributed by atoms with van der Waals surface area (Å²) in [4.78, 5) is 3.99. The molecule has 0 unspecified atom stereocenters. The van der Waals surface area contributed by atoms with Gasteiger partial charge in [-0.3, -0.25) is 15.7 Å². The smallest absolute Gasteiger partial charge is 0.125 e. The molecule has 0 spiro atoms. The molecule has 0 heterocycles. The Morgan fingerprint density at radius 3 is 2.25 bits per heavy atom. The topological polar surface area (TPSA) is 44.6 Å². The molecule has 0 radical (unpaired) electrons. The van der Waals surface area contributed by atoms with Crippen LogP contribution in [0.4, 0.5) is 0 Å². The first-order valence-electron chi connectivity index (χ1n) is 4.31. The molecule has 0 bridgehead atoms. The summed E-state index contributed by atoms with van der Waals surface area (Å²) in [5.41, 5.74) is 2.08. The summed E-state index contributed by atoms with van der Waals surface area (Å²) in [5.74, 6) is 1.25. The normalized spacial score (nSPS) is 13.8. The molecule has 2 N–H and O–H groups in total. The molecule has 3 heteroatoms. The maximum Gasteiger partial charge on any atom is 0.125 e. The number of nitrogens with zero attached hydrogens (tertiary/aromatic N) is 1. The van der Waals surface area contributed by atoms with Crippen molar-refractivity contribution in [2.24, 2.45) is 16.3 Å². The fourth-order valence-electron chi connectivity index (χ4n) is 1.62. The second-order valence-electron chi connectivity index (χ2n) is 4.17. The van der Waals surface area contributed by atoms with Crippen molar-refractivity contribution in [3.8, 4) is 0 Å². The Morgan fingerprint density at radius 1 is 1.50 bits per heavy atom. The van der Waals surface area contributed by atoms with Crippen LogP contribution in [0.2, 0.25) is 0 Å². The third-order valence-corrected chi connectivity index (χ3v) is 1.89. The largest absolute Gasteiger partial charge is 0.290 e. The summed E-state index contributed by atoms with van der Waals surface area (Å²) >= 11 is 0. The van der Waals surface area contributed by atoms with Crippen molar-refractivity contribution in [1.82, 2.24) is 5.48 Å². The van der Waals surface area contributed by atoms with Gasteiger partial charge in [0.05, 0.1) is 0 Å². The number of hydroxylamine groups is 1. The van der Waals surface area contributed by atoms with E-state index in [4.69, 9.17) is 5.21 Å². The van der Waals surface area contributed by atoms with Gasteiger partial charge in [0.1, 0.15) is 5.84 Å². The lowest BCUT2D eigenvalue weighted by Crippen LogP contribution is -2.36. The van der Waals surface area contributed by atoms with Gasteiger partial charge in [-0.15, -0.1) is 0 Å². The van der Waals surface area contributed by atoms with Crippen molar-refractivity contribution in [3.05, 3.63) is 0 Å². The molecule has 12 heavy (non-hydrogen) atoms. The van der Waals surface area contributed by atoms with Gasteiger partial charge >= 0.3 is 0 Å². The zero-order chi connectivity index (χ0) is 9.78. The minimum absolute atomic E-state index is 0.0718. The van der Waals surface area contributed by atoms with Crippen LogP contribution < -0.4 is 5.48 Å². The van der Waals surface area contributed by atoms with E-state index in [1.807, 2.05) is 0 Å². The van der Waals surface area contributed by atoms with Gasteiger partial charge in [-0.1, -0.05) is 27.7 Å². The maximum absolute atomic E-state index is 8.79. The zero-order valence-corrected chi connectivity index (χ0v) is 8.68. The Labute approximate surface area is 74.9 Å². The maximum atomic E-state index is 8.79. The van der Waals surface area contributed by atoms with Crippen molar-refractivity contribution in [2.75, 3.05) is 7.05 Å². The number of amidine groups is 1. The van der Waals surface area contributed by atoms with Crippen LogP contribution >= 0.6 is 0 Å². The minimum atomic E-state index is -0.0718. The monoisotopic (exact) mass is 172 g/mol. The first-order chi connectivity index (χ1) is 5.44. The SMILES string of the molecule is CN=C(NO)C(C)(C)CC(C)C. The van der Waals surface area contributed by atoms with Crippen molar-refractivity contribution < 1.29 is 5.21 Å². The highest BCUT2D eigenvalue weighted by Gasteiger charge is 2.25. The lowest BCUT2D eigenvalue weighted by Gasteiger charge is -2.27. The highest BCUT2D eigenvalue weighted by atomic mass is 16.5. The standard InChI is InChI=1S/C9H20N2O/c1-7(2)6-9(3,4)8(10-5)11-12/h7,12H,6H2,1-5H3,(H,10,11). The lowest BCUT2D eigenvalue weighted by molar-refractivity contribution is 0.213. The van der Waals surface area contributed by atoms with Crippen molar-refractivity contribution in [3.63, 3.8) is 0 Å². The molecule has 0 rings (SSSR count). The van der Waals surface area contributed by atoms with E-state index in [0.717, 1.165) is 6.42 Å². The van der Waals surface area contributed by atoms with E-state index >= 15 is 0 Å². The molecule has 0 aliphatic rings. The van der Waals surface area contributed by atoms with Crippen LogP contribution in [0.1, 0.15) is 34.1 Å². The first-order valence-corrected chi connectivity index (χ1v) is 4.31. The minimum Gasteiger partial charge on any atom is -0.290 e. The molecule has 0 aromatic rings. The summed E-state index contributed by atoms with van der Waals surface area (Å²) in [6.07, 6.45) is 1.01. The van der Waals surface area contributed by atoms with Gasteiger partial charge < -0.3 is 0 Å². The predicted molar refractivity (Wildman–Crippen MR) is 51.5 cm³/mol. The summed E-state index contributed by atoms with van der Waals surface area (Å²) in [6, 6.07) is 0. The number of rotatable bonds is 3. The van der Waals surface area contributed by atoms with Crippen LogP contribution in [0.25, 0.3) is 0 Å². The van der Waals surface area contributed by atoms with Gasteiger partial charge in [0.25, 0.3) is 0 Å². The summed E-state index contributed by atoms with van der Waals surface area (Å²) in [7, 11) is 1.68. The molecule has 0 aliphatic carbocycles. The van der Waals surface area contributed by atoms with Gasteiger partial charge in [-0.2, -0.15) is 0 Å². The zero-order valence-electron chi connectivity index (χ0n) is 8.68. The van der Waals surface area contributed by atoms with Crippen molar-refractivity contribution >= 4 is 5.84 Å². The van der Waals surface area contributed by atoms with E-state index in [1.54, 1.807) is 7.05 Å². The summed E-state index contributed by atoms with van der Waals surface area (Å²) in [6.45, 7) is 8.45. The molecule has 0 saturated heterocycles. The van der Waals surface area contributed by atoms with Crippen LogP contribution in [0, 0.1) is 11.3 Å². The number of aliphatic imine (C=N–C) groups is 1. The van der Waals surface area contributed by atoms with Crippen LogP contribution in [-0.2, 0) is 0 Å². The molecule has 0 aliphatic heterocycles. The van der Waals surface area contributed by atoms with Gasteiger partial charge in [0, 0.05) is 12.5 Å². The van der Waals surface area contributed by atoms with Gasteiger partial charge in [0.2, 0.25) is 0 Å². The molecule has 0 aromatic carbocycles. The highest BCUT2D eigenvalue weighted by molar-refractivity contribution is 5.86. The first kappa shape index (κ1) is 11.4. The Kier molecular flexibility index (Phi) is 4.24. The Balaban J connectivity index is 4.37. The fraction of sp³-hybridized carbons (Fsp3) is 0.889.